The van der Waals surface area contributed by atoms with E-state index in [2.05, 4.69) is 5.32 Å². The summed E-state index contributed by atoms with van der Waals surface area (Å²) in [5, 5.41) is 3.30. The first kappa shape index (κ1) is 21.1. The first-order valence-electron chi connectivity index (χ1n) is 12.1. The van der Waals surface area contributed by atoms with Crippen LogP contribution in [0.5, 0.6) is 11.5 Å². The maximum Gasteiger partial charge on any atom is 0.271 e. The molecule has 0 bridgehead atoms. The van der Waals surface area contributed by atoms with Gasteiger partial charge in [-0.2, -0.15) is 0 Å². The van der Waals surface area contributed by atoms with Crippen LogP contribution in [-0.4, -0.2) is 39.7 Å². The number of carbonyl (C=O) groups is 2. The van der Waals surface area contributed by atoms with Crippen LogP contribution in [0, 0.1) is 0 Å². The van der Waals surface area contributed by atoms with E-state index in [0.29, 0.717) is 29.3 Å². The molecule has 0 saturated heterocycles. The molecule has 2 aromatic heterocycles. The standard InChI is InChI=1S/C26H29N3O5/c1-26(25(31)27-18-6-4-2-3-5-7-18)15-28-19-10-11-32-22(19)13-20(28)24(30)29(26)14-17-8-9-21-23(12-17)34-16-33-21/h8-13,18H,2-7,14-16H2,1H3,(H,27,31)/t26-/m1/s1. The molecule has 0 unspecified atom stereocenters. The number of ether oxygens (including phenoxy) is 2. The number of amides is 2. The molecule has 34 heavy (non-hydrogen) atoms. The van der Waals surface area contributed by atoms with Crippen molar-refractivity contribution < 1.29 is 23.5 Å². The number of aromatic nitrogens is 1. The van der Waals surface area contributed by atoms with Crippen LogP contribution >= 0.6 is 0 Å². The van der Waals surface area contributed by atoms with E-state index < -0.39 is 5.54 Å². The highest BCUT2D eigenvalue weighted by atomic mass is 16.7. The summed E-state index contributed by atoms with van der Waals surface area (Å²) in [4.78, 5) is 29.4. The number of carbonyl (C=O) groups excluding carboxylic acids is 2. The minimum Gasteiger partial charge on any atom is -0.463 e. The van der Waals surface area contributed by atoms with E-state index in [1.165, 1.54) is 12.8 Å². The van der Waals surface area contributed by atoms with Crippen molar-refractivity contribution in [3.05, 3.63) is 47.9 Å². The van der Waals surface area contributed by atoms with Gasteiger partial charge in [0, 0.05) is 24.7 Å². The normalized spacial score (nSPS) is 22.6. The number of nitrogens with zero attached hydrogens (tertiary/aromatic N) is 2. The van der Waals surface area contributed by atoms with E-state index in [1.54, 1.807) is 17.2 Å². The summed E-state index contributed by atoms with van der Waals surface area (Å²) in [6.07, 6.45) is 8.26. The molecule has 1 aliphatic carbocycles. The number of fused-ring (bicyclic) bond motifs is 4. The fourth-order valence-electron chi connectivity index (χ4n) is 5.51. The zero-order valence-electron chi connectivity index (χ0n) is 19.3. The SMILES string of the molecule is C[C@]1(C(=O)NC2CCCCCC2)Cn2c(cc3occc32)C(=O)N1Cc1ccc2c(c1)OCO2. The molecule has 4 heterocycles. The zero-order valence-corrected chi connectivity index (χ0v) is 19.3. The molecule has 3 aliphatic rings. The van der Waals surface area contributed by atoms with E-state index in [-0.39, 0.29) is 31.2 Å². The third kappa shape index (κ3) is 3.43. The summed E-state index contributed by atoms with van der Waals surface area (Å²) < 4.78 is 18.4. The maximum atomic E-state index is 13.9. The molecule has 2 amide bonds. The lowest BCUT2D eigenvalue weighted by Crippen LogP contribution is -2.64. The molecule has 1 N–H and O–H groups in total. The van der Waals surface area contributed by atoms with E-state index in [4.69, 9.17) is 13.9 Å². The Kier molecular flexibility index (Phi) is 5.04. The Morgan fingerprint density at radius 1 is 1.09 bits per heavy atom. The number of furan rings is 1. The summed E-state index contributed by atoms with van der Waals surface area (Å²) in [6.45, 7) is 2.71. The summed E-state index contributed by atoms with van der Waals surface area (Å²) >= 11 is 0. The van der Waals surface area contributed by atoms with Gasteiger partial charge in [0.25, 0.3) is 5.91 Å². The van der Waals surface area contributed by atoms with Crippen molar-refractivity contribution in [2.75, 3.05) is 6.79 Å². The van der Waals surface area contributed by atoms with Crippen LogP contribution < -0.4 is 14.8 Å². The minimum atomic E-state index is -1.06. The molecule has 2 aliphatic heterocycles. The highest BCUT2D eigenvalue weighted by Crippen LogP contribution is 2.37. The van der Waals surface area contributed by atoms with Gasteiger partial charge in [-0.25, -0.2) is 0 Å². The molecule has 1 aromatic carbocycles. The Labute approximate surface area is 197 Å². The summed E-state index contributed by atoms with van der Waals surface area (Å²) in [6, 6.07) is 9.43. The Balaban J connectivity index is 1.36. The van der Waals surface area contributed by atoms with Gasteiger partial charge in [-0.1, -0.05) is 31.7 Å². The van der Waals surface area contributed by atoms with Crippen molar-refractivity contribution in [2.45, 2.75) is 70.1 Å². The predicted octanol–water partition coefficient (Wildman–Crippen LogP) is 4.22. The summed E-state index contributed by atoms with van der Waals surface area (Å²) in [5.41, 5.74) is 1.85. The van der Waals surface area contributed by atoms with Gasteiger partial charge >= 0.3 is 0 Å². The maximum absolute atomic E-state index is 13.9. The van der Waals surface area contributed by atoms with Crippen molar-refractivity contribution >= 4 is 22.9 Å². The largest absolute Gasteiger partial charge is 0.463 e. The second kappa shape index (κ2) is 8.11. The molecule has 1 saturated carbocycles. The Morgan fingerprint density at radius 3 is 2.71 bits per heavy atom. The van der Waals surface area contributed by atoms with Crippen LogP contribution in [0.1, 0.15) is 61.5 Å². The molecular weight excluding hydrogens is 434 g/mol. The van der Waals surface area contributed by atoms with Gasteiger partial charge < -0.3 is 28.7 Å². The Bertz CT molecular complexity index is 1250. The van der Waals surface area contributed by atoms with Gasteiger partial charge in [-0.15, -0.1) is 0 Å². The quantitative estimate of drug-likeness (QED) is 0.586. The van der Waals surface area contributed by atoms with Crippen molar-refractivity contribution in [2.24, 2.45) is 0 Å². The van der Waals surface area contributed by atoms with Crippen LogP contribution in [0.3, 0.4) is 0 Å². The zero-order chi connectivity index (χ0) is 23.3. The number of rotatable bonds is 4. The highest BCUT2D eigenvalue weighted by molar-refractivity contribution is 6.02. The third-order valence-corrected chi connectivity index (χ3v) is 7.51. The fraction of sp³-hybridized carbons (Fsp3) is 0.462. The van der Waals surface area contributed by atoms with Gasteiger partial charge in [0.05, 0.1) is 18.3 Å². The second-order valence-electron chi connectivity index (χ2n) is 9.80. The smallest absolute Gasteiger partial charge is 0.271 e. The number of benzene rings is 1. The lowest BCUT2D eigenvalue weighted by atomic mass is 9.93. The lowest BCUT2D eigenvalue weighted by molar-refractivity contribution is -0.134. The van der Waals surface area contributed by atoms with Gasteiger partial charge in [0.1, 0.15) is 11.2 Å². The molecule has 1 fully saturated rings. The first-order valence-corrected chi connectivity index (χ1v) is 12.1. The van der Waals surface area contributed by atoms with Crippen LogP contribution in [0.15, 0.2) is 41.0 Å². The molecule has 1 atom stereocenters. The number of hydrogen-bond acceptors (Lipinski definition) is 5. The molecule has 8 nitrogen and oxygen atoms in total. The van der Waals surface area contributed by atoms with Gasteiger partial charge in [-0.3, -0.25) is 9.59 Å². The molecular formula is C26H29N3O5. The second-order valence-corrected chi connectivity index (χ2v) is 9.80. The van der Waals surface area contributed by atoms with Gasteiger partial charge in [0.15, 0.2) is 17.1 Å². The molecule has 3 aromatic rings. The number of nitrogens with one attached hydrogen (secondary N) is 1. The third-order valence-electron chi connectivity index (χ3n) is 7.51. The topological polar surface area (TPSA) is 85.9 Å². The van der Waals surface area contributed by atoms with Crippen LogP contribution in [0.2, 0.25) is 0 Å². The number of hydrogen-bond donors (Lipinski definition) is 1. The lowest BCUT2D eigenvalue weighted by Gasteiger charge is -2.44. The first-order chi connectivity index (χ1) is 16.5. The molecule has 0 radical (unpaired) electrons. The van der Waals surface area contributed by atoms with Gasteiger partial charge in [-0.05, 0) is 37.5 Å². The van der Waals surface area contributed by atoms with E-state index in [1.807, 2.05) is 35.8 Å². The van der Waals surface area contributed by atoms with Crippen molar-refractivity contribution in [3.63, 3.8) is 0 Å². The van der Waals surface area contributed by atoms with Crippen LogP contribution in [-0.2, 0) is 17.9 Å². The fourth-order valence-corrected chi connectivity index (χ4v) is 5.51. The summed E-state index contributed by atoms with van der Waals surface area (Å²) in [5.74, 6) is 1.06. The average Bonchev–Trinajstić information content (AvgIpc) is 3.50. The monoisotopic (exact) mass is 463 g/mol. The van der Waals surface area contributed by atoms with Crippen LogP contribution in [0.4, 0.5) is 0 Å². The Hall–Kier alpha value is -3.42. The molecule has 178 valence electrons. The predicted molar refractivity (Wildman–Crippen MR) is 125 cm³/mol. The highest BCUT2D eigenvalue weighted by Gasteiger charge is 2.48. The average molecular weight is 464 g/mol. The Morgan fingerprint density at radius 2 is 1.88 bits per heavy atom. The van der Waals surface area contributed by atoms with E-state index in [0.717, 1.165) is 36.8 Å². The van der Waals surface area contributed by atoms with Crippen molar-refractivity contribution in [1.29, 1.82) is 0 Å². The van der Waals surface area contributed by atoms with Crippen molar-refractivity contribution in [1.82, 2.24) is 14.8 Å². The molecule has 0 spiro atoms. The van der Waals surface area contributed by atoms with Gasteiger partial charge in [0.2, 0.25) is 12.7 Å². The minimum absolute atomic E-state index is 0.107. The van der Waals surface area contributed by atoms with E-state index in [9.17, 15) is 9.59 Å². The van der Waals surface area contributed by atoms with E-state index >= 15 is 0 Å². The van der Waals surface area contributed by atoms with Crippen molar-refractivity contribution in [3.8, 4) is 11.5 Å². The van der Waals surface area contributed by atoms with Crippen LogP contribution in [0.25, 0.3) is 11.1 Å². The summed E-state index contributed by atoms with van der Waals surface area (Å²) in [7, 11) is 0. The molecule has 6 rings (SSSR count). The molecule has 8 heteroatoms.